The van der Waals surface area contributed by atoms with Crippen molar-refractivity contribution in [3.63, 3.8) is 0 Å². The number of carbonyl (C=O) groups is 1. The molecule has 1 aromatic rings. The number of allylic oxidation sites excluding steroid dienone is 3. The zero-order valence-electron chi connectivity index (χ0n) is 24.9. The minimum absolute atomic E-state index is 0.0957. The molecular formula is C33H43ClN2O5S. The van der Waals surface area contributed by atoms with Gasteiger partial charge in [-0.1, -0.05) is 35.9 Å². The number of rotatable bonds is 0. The Morgan fingerprint density at radius 1 is 1.17 bits per heavy atom. The Labute approximate surface area is 255 Å². The Bertz CT molecular complexity index is 1470. The molecule has 2 bridgehead atoms. The number of fused-ring (bicyclic) bond motifs is 4. The summed E-state index contributed by atoms with van der Waals surface area (Å²) in [5.41, 5.74) is 1.09. The second kappa shape index (κ2) is 10.8. The molecule has 42 heavy (non-hydrogen) atoms. The molecule has 7 nitrogen and oxygen atoms in total. The number of hydrogen-bond acceptors (Lipinski definition) is 6. The molecule has 3 aliphatic carbocycles. The first-order valence-electron chi connectivity index (χ1n) is 15.4. The highest BCUT2D eigenvalue weighted by molar-refractivity contribution is 7.90. The smallest absolute Gasteiger partial charge is 0.260 e. The van der Waals surface area contributed by atoms with Crippen LogP contribution in [0.1, 0.15) is 76.8 Å². The van der Waals surface area contributed by atoms with Crippen molar-refractivity contribution in [3.05, 3.63) is 70.0 Å². The molecule has 1 saturated carbocycles. The van der Waals surface area contributed by atoms with Crippen molar-refractivity contribution in [2.75, 3.05) is 19.7 Å². The van der Waals surface area contributed by atoms with E-state index in [1.807, 2.05) is 31.2 Å². The maximum Gasteiger partial charge on any atom is 0.260 e. The number of nitrogens with one attached hydrogen (secondary N) is 1. The number of aryl methyl sites for hydroxylation is 1. The number of carbonyl (C=O) groups excluding carboxylic acids is 1. The van der Waals surface area contributed by atoms with Crippen LogP contribution < -0.4 is 4.72 Å². The van der Waals surface area contributed by atoms with Crippen molar-refractivity contribution in [1.82, 2.24) is 9.62 Å². The van der Waals surface area contributed by atoms with Crippen LogP contribution >= 0.6 is 11.6 Å². The lowest BCUT2D eigenvalue weighted by Crippen LogP contribution is -2.57. The minimum Gasteiger partial charge on any atom is -0.495 e. The number of amides is 1. The Hall–Kier alpha value is -2.13. The standard InChI is InChI=1S/C33H43ClN2O5S/c1-22-7-4-5-15-32(3,38)27-12-9-25(27)19-36-20-33(16-6-8-23-17-26(34)11-13-28(23)33)21-41-29-14-10-24(18-31(29,36)2)30(37)35-42(22,39)40/h5,10-11,13-15,17,22,25,27,38H,4,6-9,12,16,18-21H2,1-3H3,(H,35,37)/b15-5+/t22-,25+,27-,31?,32+,33+/m1/s1. The van der Waals surface area contributed by atoms with Crippen molar-refractivity contribution in [2.24, 2.45) is 11.8 Å². The first-order valence-corrected chi connectivity index (χ1v) is 17.3. The lowest BCUT2D eigenvalue weighted by Gasteiger charge is -2.51. The summed E-state index contributed by atoms with van der Waals surface area (Å²) in [6.45, 7) is 7.63. The lowest BCUT2D eigenvalue weighted by molar-refractivity contribution is -0.116. The number of nitrogens with zero attached hydrogens (tertiary/aromatic N) is 1. The Balaban J connectivity index is 1.43. The van der Waals surface area contributed by atoms with Gasteiger partial charge in [-0.3, -0.25) is 9.69 Å². The first kappa shape index (κ1) is 29.9. The van der Waals surface area contributed by atoms with Gasteiger partial charge in [-0.2, -0.15) is 0 Å². The zero-order valence-corrected chi connectivity index (χ0v) is 26.4. The molecule has 0 radical (unpaired) electrons. The second-order valence-corrected chi connectivity index (χ2v) is 16.2. The monoisotopic (exact) mass is 614 g/mol. The minimum atomic E-state index is -3.87. The quantitative estimate of drug-likeness (QED) is 0.391. The van der Waals surface area contributed by atoms with Gasteiger partial charge in [-0.05, 0) is 107 Å². The van der Waals surface area contributed by atoms with Crippen LogP contribution in [0.25, 0.3) is 0 Å². The number of sulfonamides is 1. The third-order valence-corrected chi connectivity index (χ3v) is 12.8. The molecule has 2 aliphatic heterocycles. The summed E-state index contributed by atoms with van der Waals surface area (Å²) in [6.07, 6.45) is 13.5. The van der Waals surface area contributed by atoms with E-state index < -0.39 is 32.3 Å². The van der Waals surface area contributed by atoms with E-state index in [0.717, 1.165) is 56.0 Å². The van der Waals surface area contributed by atoms with Gasteiger partial charge in [0.1, 0.15) is 5.76 Å². The molecule has 1 saturated heterocycles. The van der Waals surface area contributed by atoms with E-state index >= 15 is 0 Å². The van der Waals surface area contributed by atoms with E-state index in [9.17, 15) is 18.3 Å². The van der Waals surface area contributed by atoms with E-state index in [2.05, 4.69) is 28.7 Å². The van der Waals surface area contributed by atoms with Crippen molar-refractivity contribution in [2.45, 2.75) is 93.9 Å². The average molecular weight is 615 g/mol. The van der Waals surface area contributed by atoms with E-state index in [0.29, 0.717) is 31.4 Å². The molecule has 0 aromatic heterocycles. The Morgan fingerprint density at radius 2 is 1.98 bits per heavy atom. The molecule has 6 atom stereocenters. The van der Waals surface area contributed by atoms with Crippen molar-refractivity contribution in [3.8, 4) is 0 Å². The van der Waals surface area contributed by atoms with Crippen molar-refractivity contribution >= 4 is 27.5 Å². The summed E-state index contributed by atoms with van der Waals surface area (Å²) >= 11 is 6.41. The molecule has 1 amide bonds. The zero-order chi connectivity index (χ0) is 29.9. The van der Waals surface area contributed by atoms with Gasteiger partial charge in [0, 0.05) is 35.5 Å². The van der Waals surface area contributed by atoms with Crippen LogP contribution in [0.3, 0.4) is 0 Å². The molecule has 1 aromatic carbocycles. The summed E-state index contributed by atoms with van der Waals surface area (Å²) in [7, 11) is -3.87. The van der Waals surface area contributed by atoms with Gasteiger partial charge in [0.25, 0.3) is 5.91 Å². The van der Waals surface area contributed by atoms with Gasteiger partial charge in [0.2, 0.25) is 10.0 Å². The molecule has 1 unspecified atom stereocenters. The molecule has 1 spiro atoms. The van der Waals surface area contributed by atoms with Crippen LogP contribution in [0.15, 0.2) is 53.8 Å². The highest BCUT2D eigenvalue weighted by Gasteiger charge is 2.52. The van der Waals surface area contributed by atoms with Gasteiger partial charge < -0.3 is 9.84 Å². The molecule has 5 aliphatic rings. The molecule has 2 fully saturated rings. The van der Waals surface area contributed by atoms with Crippen LogP contribution in [0.2, 0.25) is 5.02 Å². The van der Waals surface area contributed by atoms with E-state index in [1.165, 1.54) is 11.1 Å². The van der Waals surface area contributed by atoms with Crippen LogP contribution in [0.5, 0.6) is 0 Å². The average Bonchev–Trinajstić information content (AvgIpc) is 3.02. The van der Waals surface area contributed by atoms with Crippen molar-refractivity contribution < 1.29 is 23.1 Å². The summed E-state index contributed by atoms with van der Waals surface area (Å²) in [6, 6.07) is 6.22. The number of ether oxygens (including phenoxy) is 1. The van der Waals surface area contributed by atoms with Crippen molar-refractivity contribution in [1.29, 1.82) is 0 Å². The van der Waals surface area contributed by atoms with Crippen LogP contribution in [0.4, 0.5) is 0 Å². The van der Waals surface area contributed by atoms with Gasteiger partial charge >= 0.3 is 0 Å². The number of halogens is 1. The highest BCUT2D eigenvalue weighted by Crippen LogP contribution is 2.50. The third-order valence-electron chi connectivity index (χ3n) is 10.8. The number of hydrogen-bond donors (Lipinski definition) is 2. The van der Waals surface area contributed by atoms with Crippen LogP contribution in [0, 0.1) is 11.8 Å². The maximum atomic E-state index is 13.4. The van der Waals surface area contributed by atoms with Gasteiger partial charge in [0.05, 0.1) is 23.0 Å². The predicted octanol–water partition coefficient (Wildman–Crippen LogP) is 5.18. The fraction of sp³-hybridized carbons (Fsp3) is 0.606. The lowest BCUT2D eigenvalue weighted by atomic mass is 9.64. The van der Waals surface area contributed by atoms with Crippen LogP contribution in [-0.2, 0) is 31.4 Å². The molecule has 2 N–H and O–H groups in total. The number of benzene rings is 1. The Kier molecular flexibility index (Phi) is 7.69. The molecular weight excluding hydrogens is 572 g/mol. The maximum absolute atomic E-state index is 13.4. The predicted molar refractivity (Wildman–Crippen MR) is 165 cm³/mol. The fourth-order valence-electron chi connectivity index (χ4n) is 7.99. The van der Waals surface area contributed by atoms with E-state index in [-0.39, 0.29) is 17.3 Å². The second-order valence-electron chi connectivity index (χ2n) is 13.7. The Morgan fingerprint density at radius 3 is 2.74 bits per heavy atom. The van der Waals surface area contributed by atoms with Gasteiger partial charge in [-0.15, -0.1) is 0 Å². The summed E-state index contributed by atoms with van der Waals surface area (Å²) < 4.78 is 35.2. The summed E-state index contributed by atoms with van der Waals surface area (Å²) in [5, 5.41) is 11.6. The first-order chi connectivity index (χ1) is 19.8. The third kappa shape index (κ3) is 5.27. The normalized spacial score (nSPS) is 39.3. The molecule has 6 rings (SSSR count). The van der Waals surface area contributed by atoms with Gasteiger partial charge in [-0.25, -0.2) is 13.1 Å². The topological polar surface area (TPSA) is 95.9 Å². The summed E-state index contributed by atoms with van der Waals surface area (Å²) in [4.78, 5) is 15.9. The fourth-order valence-corrected chi connectivity index (χ4v) is 9.22. The molecule has 228 valence electrons. The van der Waals surface area contributed by atoms with E-state index in [4.69, 9.17) is 16.3 Å². The SMILES string of the molecule is C[C@@H]1CC/C=C/[C@](C)(O)[C@@H]2CC[C@H]2CN2C[C@@]3(CCCc4cc(Cl)ccc43)COC3=CC=C(CC32C)C(=O)NS1(=O)=O. The van der Waals surface area contributed by atoms with Gasteiger partial charge in [0.15, 0.2) is 0 Å². The number of aliphatic hydroxyl groups is 1. The molecule has 2 heterocycles. The van der Waals surface area contributed by atoms with E-state index in [1.54, 1.807) is 13.0 Å². The highest BCUT2D eigenvalue weighted by atomic mass is 35.5. The summed E-state index contributed by atoms with van der Waals surface area (Å²) in [5.74, 6) is 0.610. The largest absolute Gasteiger partial charge is 0.495 e. The van der Waals surface area contributed by atoms with Crippen LogP contribution in [-0.4, -0.2) is 60.4 Å². The molecule has 9 heteroatoms.